The molecule has 0 aliphatic carbocycles. The van der Waals surface area contributed by atoms with Gasteiger partial charge in [0, 0.05) is 23.6 Å². The predicted octanol–water partition coefficient (Wildman–Crippen LogP) is 3.91. The van der Waals surface area contributed by atoms with Crippen LogP contribution in [0.1, 0.15) is 38.2 Å². The minimum atomic E-state index is 0.587. The Morgan fingerprint density at radius 1 is 1.37 bits per heavy atom. The molecule has 0 atom stereocenters. The Kier molecular flexibility index (Phi) is 8.04. The van der Waals surface area contributed by atoms with Gasteiger partial charge in [-0.1, -0.05) is 24.6 Å². The maximum Gasteiger partial charge on any atom is 0.125 e. The first-order valence-corrected chi connectivity index (χ1v) is 7.15. The highest BCUT2D eigenvalue weighted by atomic mass is 35.5. The molecule has 1 aromatic rings. The van der Waals surface area contributed by atoms with Crippen LogP contribution >= 0.6 is 11.6 Å². The van der Waals surface area contributed by atoms with Crippen LogP contribution in [0.15, 0.2) is 18.2 Å². The summed E-state index contributed by atoms with van der Waals surface area (Å²) in [4.78, 5) is 0. The van der Waals surface area contributed by atoms with Gasteiger partial charge in [0.2, 0.25) is 0 Å². The Balaban J connectivity index is 2.51. The zero-order valence-electron chi connectivity index (χ0n) is 11.4. The van der Waals surface area contributed by atoms with Crippen molar-refractivity contribution in [1.29, 1.82) is 5.26 Å². The average molecular weight is 281 g/mol. The van der Waals surface area contributed by atoms with E-state index in [1.54, 1.807) is 0 Å². The first kappa shape index (κ1) is 15.8. The minimum Gasteiger partial charge on any atom is -0.493 e. The average Bonchev–Trinajstić information content (AvgIpc) is 2.41. The van der Waals surface area contributed by atoms with Crippen molar-refractivity contribution in [2.75, 3.05) is 13.2 Å². The van der Waals surface area contributed by atoms with Crippen molar-refractivity contribution in [3.05, 3.63) is 28.8 Å². The van der Waals surface area contributed by atoms with Gasteiger partial charge >= 0.3 is 0 Å². The fraction of sp³-hybridized carbons (Fsp3) is 0.533. The van der Waals surface area contributed by atoms with E-state index >= 15 is 0 Å². The third-order valence-corrected chi connectivity index (χ3v) is 3.10. The number of rotatable bonds is 9. The largest absolute Gasteiger partial charge is 0.493 e. The van der Waals surface area contributed by atoms with Crippen LogP contribution in [0, 0.1) is 11.3 Å². The molecule has 1 aromatic carbocycles. The molecule has 0 bridgehead atoms. The fourth-order valence-corrected chi connectivity index (χ4v) is 1.96. The molecule has 0 fully saturated rings. The molecule has 1 rings (SSSR count). The normalized spacial score (nSPS) is 10.2. The Bertz CT molecular complexity index is 415. The highest BCUT2D eigenvalue weighted by Crippen LogP contribution is 2.26. The zero-order chi connectivity index (χ0) is 13.9. The summed E-state index contributed by atoms with van der Waals surface area (Å²) in [5.74, 6) is 0.841. The number of halogens is 1. The molecule has 0 amide bonds. The molecule has 1 N–H and O–H groups in total. The molecule has 3 nitrogen and oxygen atoms in total. The van der Waals surface area contributed by atoms with Crippen molar-refractivity contribution in [3.63, 3.8) is 0 Å². The van der Waals surface area contributed by atoms with Crippen LogP contribution in [0.4, 0.5) is 0 Å². The summed E-state index contributed by atoms with van der Waals surface area (Å²) in [5.41, 5.74) is 1.01. The van der Waals surface area contributed by atoms with Gasteiger partial charge in [-0.25, -0.2) is 0 Å². The van der Waals surface area contributed by atoms with E-state index in [0.29, 0.717) is 13.0 Å². The van der Waals surface area contributed by atoms with E-state index in [0.717, 1.165) is 48.7 Å². The highest BCUT2D eigenvalue weighted by Gasteiger charge is 2.07. The van der Waals surface area contributed by atoms with Crippen molar-refractivity contribution < 1.29 is 4.74 Å². The van der Waals surface area contributed by atoms with Gasteiger partial charge in [0.15, 0.2) is 0 Å². The predicted molar refractivity (Wildman–Crippen MR) is 78.4 cm³/mol. The molecular formula is C15H21ClN2O. The first-order chi connectivity index (χ1) is 9.29. The van der Waals surface area contributed by atoms with Crippen LogP contribution < -0.4 is 10.1 Å². The van der Waals surface area contributed by atoms with Crippen LogP contribution in [-0.2, 0) is 6.54 Å². The molecule has 0 aliphatic rings. The molecule has 0 aromatic heterocycles. The van der Waals surface area contributed by atoms with Crippen molar-refractivity contribution in [1.82, 2.24) is 5.32 Å². The molecule has 104 valence electrons. The molecular weight excluding hydrogens is 260 g/mol. The molecule has 0 unspecified atom stereocenters. The Hall–Kier alpha value is -1.24. The topological polar surface area (TPSA) is 45.0 Å². The second kappa shape index (κ2) is 9.66. The number of ether oxygens (including phenoxy) is 1. The molecule has 0 spiro atoms. The van der Waals surface area contributed by atoms with Crippen LogP contribution in [-0.4, -0.2) is 13.2 Å². The van der Waals surface area contributed by atoms with E-state index in [9.17, 15) is 0 Å². The number of nitrogens with one attached hydrogen (secondary N) is 1. The summed E-state index contributed by atoms with van der Waals surface area (Å²) in [6, 6.07) is 7.86. The maximum absolute atomic E-state index is 8.47. The first-order valence-electron chi connectivity index (χ1n) is 6.77. The van der Waals surface area contributed by atoms with E-state index in [1.165, 1.54) is 0 Å². The van der Waals surface area contributed by atoms with Gasteiger partial charge in [-0.15, -0.1) is 0 Å². The van der Waals surface area contributed by atoms with E-state index in [4.69, 9.17) is 21.6 Å². The highest BCUT2D eigenvalue weighted by molar-refractivity contribution is 6.31. The molecule has 4 heteroatoms. The van der Waals surface area contributed by atoms with E-state index in [1.807, 2.05) is 18.2 Å². The quantitative estimate of drug-likeness (QED) is 0.698. The molecule has 0 radical (unpaired) electrons. The van der Waals surface area contributed by atoms with E-state index < -0.39 is 0 Å². The number of unbranched alkanes of at least 4 members (excludes halogenated alkanes) is 2. The SMILES string of the molecule is CCCNCc1c(Cl)cccc1OCCCCC#N. The lowest BCUT2D eigenvalue weighted by Crippen LogP contribution is -2.15. The number of benzene rings is 1. The lowest BCUT2D eigenvalue weighted by molar-refractivity contribution is 0.304. The minimum absolute atomic E-state index is 0.587. The van der Waals surface area contributed by atoms with Crippen LogP contribution in [0.25, 0.3) is 0 Å². The third-order valence-electron chi connectivity index (χ3n) is 2.74. The van der Waals surface area contributed by atoms with Gasteiger partial charge in [0.1, 0.15) is 5.75 Å². The summed E-state index contributed by atoms with van der Waals surface area (Å²) in [7, 11) is 0. The summed E-state index contributed by atoms with van der Waals surface area (Å²) in [5, 5.41) is 12.5. The second-order valence-corrected chi connectivity index (χ2v) is 4.76. The Morgan fingerprint density at radius 3 is 2.95 bits per heavy atom. The second-order valence-electron chi connectivity index (χ2n) is 4.36. The van der Waals surface area contributed by atoms with Crippen LogP contribution in [0.5, 0.6) is 5.75 Å². The van der Waals surface area contributed by atoms with Crippen molar-refractivity contribution in [3.8, 4) is 11.8 Å². The van der Waals surface area contributed by atoms with Crippen molar-refractivity contribution >= 4 is 11.6 Å². The van der Waals surface area contributed by atoms with Gasteiger partial charge in [-0.2, -0.15) is 5.26 Å². The van der Waals surface area contributed by atoms with Crippen LogP contribution in [0.3, 0.4) is 0 Å². The standard InChI is InChI=1S/C15H21ClN2O/c1-2-10-18-12-13-14(16)7-6-8-15(13)19-11-5-3-4-9-17/h6-8,18H,2-5,10-12H2,1H3. The van der Waals surface area contributed by atoms with Gasteiger partial charge < -0.3 is 10.1 Å². The van der Waals surface area contributed by atoms with E-state index in [-0.39, 0.29) is 0 Å². The van der Waals surface area contributed by atoms with Gasteiger partial charge in [0.25, 0.3) is 0 Å². The monoisotopic (exact) mass is 280 g/mol. The molecule has 0 aliphatic heterocycles. The van der Waals surface area contributed by atoms with Gasteiger partial charge in [-0.05, 0) is 37.9 Å². The molecule has 19 heavy (non-hydrogen) atoms. The lowest BCUT2D eigenvalue weighted by atomic mass is 10.2. The molecule has 0 saturated carbocycles. The summed E-state index contributed by atoms with van der Waals surface area (Å²) in [6.45, 7) is 4.45. The fourth-order valence-electron chi connectivity index (χ4n) is 1.72. The van der Waals surface area contributed by atoms with Crippen molar-refractivity contribution in [2.45, 2.75) is 39.2 Å². The smallest absolute Gasteiger partial charge is 0.125 e. The summed E-state index contributed by atoms with van der Waals surface area (Å²) >= 11 is 6.21. The van der Waals surface area contributed by atoms with E-state index in [2.05, 4.69) is 18.3 Å². The number of hydrogen-bond donors (Lipinski definition) is 1. The zero-order valence-corrected chi connectivity index (χ0v) is 12.2. The Labute approximate surface area is 120 Å². The van der Waals surface area contributed by atoms with Gasteiger partial charge in [0.05, 0.1) is 12.7 Å². The third kappa shape index (κ3) is 5.96. The van der Waals surface area contributed by atoms with Crippen molar-refractivity contribution in [2.24, 2.45) is 0 Å². The molecule has 0 heterocycles. The summed E-state index contributed by atoms with van der Waals surface area (Å²) in [6.07, 6.45) is 3.45. The van der Waals surface area contributed by atoms with Crippen LogP contribution in [0.2, 0.25) is 5.02 Å². The summed E-state index contributed by atoms with van der Waals surface area (Å²) < 4.78 is 5.76. The lowest BCUT2D eigenvalue weighted by Gasteiger charge is -2.13. The Morgan fingerprint density at radius 2 is 2.21 bits per heavy atom. The van der Waals surface area contributed by atoms with Gasteiger partial charge in [-0.3, -0.25) is 0 Å². The number of hydrogen-bond acceptors (Lipinski definition) is 3. The number of nitriles is 1. The number of nitrogens with zero attached hydrogens (tertiary/aromatic N) is 1. The molecule has 0 saturated heterocycles. The maximum atomic E-state index is 8.47.